The quantitative estimate of drug-likeness (QED) is 0.844. The first-order chi connectivity index (χ1) is 11.6. The van der Waals surface area contributed by atoms with E-state index in [9.17, 15) is 9.90 Å². The standard InChI is InChI=1S/C19H22ClNO3/c1-24-18-9-14-5-3-2-4-13(14)8-15(18)12-21(19(23)11-20)16-6-7-17(22)10-16/h2-5,8-9,16-17,22H,6-7,10-12H2,1H3/t16-,17+/m0/s1. The van der Waals surface area contributed by atoms with Gasteiger partial charge in [-0.2, -0.15) is 0 Å². The maximum absolute atomic E-state index is 12.3. The minimum absolute atomic E-state index is 0.0300. The van der Waals surface area contributed by atoms with Crippen LogP contribution in [0, 0.1) is 0 Å². The Morgan fingerprint density at radius 3 is 2.58 bits per heavy atom. The lowest BCUT2D eigenvalue weighted by molar-refractivity contribution is -0.131. The number of nitrogens with zero attached hydrogens (tertiary/aromatic N) is 1. The summed E-state index contributed by atoms with van der Waals surface area (Å²) in [5, 5.41) is 12.0. The first-order valence-electron chi connectivity index (χ1n) is 8.21. The Labute approximate surface area is 147 Å². The molecule has 2 aromatic carbocycles. The summed E-state index contributed by atoms with van der Waals surface area (Å²) in [7, 11) is 1.64. The van der Waals surface area contributed by atoms with Gasteiger partial charge in [0.2, 0.25) is 5.91 Å². The zero-order valence-corrected chi connectivity index (χ0v) is 14.5. The molecule has 1 saturated carbocycles. The highest BCUT2D eigenvalue weighted by Crippen LogP contribution is 2.30. The molecule has 3 rings (SSSR count). The number of hydrogen-bond acceptors (Lipinski definition) is 3. The summed E-state index contributed by atoms with van der Waals surface area (Å²) < 4.78 is 5.53. The molecule has 0 aliphatic heterocycles. The largest absolute Gasteiger partial charge is 0.496 e. The van der Waals surface area contributed by atoms with Gasteiger partial charge in [-0.15, -0.1) is 11.6 Å². The molecule has 0 heterocycles. The predicted octanol–water partition coefficient (Wildman–Crippen LogP) is 3.33. The van der Waals surface area contributed by atoms with Crippen molar-refractivity contribution >= 4 is 28.3 Å². The van der Waals surface area contributed by atoms with Crippen LogP contribution in [-0.2, 0) is 11.3 Å². The summed E-state index contributed by atoms with van der Waals surface area (Å²) >= 11 is 5.81. The van der Waals surface area contributed by atoms with Crippen LogP contribution in [0.15, 0.2) is 36.4 Å². The van der Waals surface area contributed by atoms with E-state index in [2.05, 4.69) is 6.07 Å². The number of halogens is 1. The Kier molecular flexibility index (Phi) is 5.27. The maximum atomic E-state index is 12.3. The molecule has 4 nitrogen and oxygen atoms in total. The van der Waals surface area contributed by atoms with Gasteiger partial charge in [-0.3, -0.25) is 4.79 Å². The fraction of sp³-hybridized carbons (Fsp3) is 0.421. The highest BCUT2D eigenvalue weighted by atomic mass is 35.5. The molecule has 1 fully saturated rings. The van der Waals surface area contributed by atoms with Gasteiger partial charge < -0.3 is 14.7 Å². The van der Waals surface area contributed by atoms with Gasteiger partial charge in [0.15, 0.2) is 0 Å². The molecule has 5 heteroatoms. The van der Waals surface area contributed by atoms with E-state index < -0.39 is 0 Å². The Morgan fingerprint density at radius 2 is 2.00 bits per heavy atom. The molecule has 1 aliphatic rings. The third-order valence-corrected chi connectivity index (χ3v) is 4.97. The third-order valence-electron chi connectivity index (χ3n) is 4.74. The van der Waals surface area contributed by atoms with Gasteiger partial charge >= 0.3 is 0 Å². The molecule has 0 unspecified atom stereocenters. The molecule has 0 spiro atoms. The number of benzene rings is 2. The number of methoxy groups -OCH3 is 1. The SMILES string of the molecule is COc1cc2ccccc2cc1CN(C(=O)CCl)[C@H]1CC[C@@H](O)C1. The topological polar surface area (TPSA) is 49.8 Å². The van der Waals surface area contributed by atoms with E-state index in [1.165, 1.54) is 0 Å². The summed E-state index contributed by atoms with van der Waals surface area (Å²) in [5.41, 5.74) is 0.955. The number of rotatable bonds is 5. The monoisotopic (exact) mass is 347 g/mol. The van der Waals surface area contributed by atoms with Crippen LogP contribution < -0.4 is 4.74 Å². The van der Waals surface area contributed by atoms with Crippen LogP contribution in [0.2, 0.25) is 0 Å². The molecule has 1 N–H and O–H groups in total. The van der Waals surface area contributed by atoms with Crippen molar-refractivity contribution in [2.45, 2.75) is 38.0 Å². The summed E-state index contributed by atoms with van der Waals surface area (Å²) in [5.74, 6) is 0.605. The van der Waals surface area contributed by atoms with Crippen molar-refractivity contribution in [2.24, 2.45) is 0 Å². The molecule has 128 valence electrons. The van der Waals surface area contributed by atoms with E-state index in [-0.39, 0.29) is 23.9 Å². The van der Waals surface area contributed by atoms with Crippen LogP contribution in [-0.4, -0.2) is 41.0 Å². The number of aliphatic hydroxyl groups is 1. The molecule has 0 bridgehead atoms. The third kappa shape index (κ3) is 3.50. The fourth-order valence-electron chi connectivity index (χ4n) is 3.48. The molecule has 2 atom stereocenters. The highest BCUT2D eigenvalue weighted by Gasteiger charge is 2.31. The van der Waals surface area contributed by atoms with Crippen LogP contribution >= 0.6 is 11.6 Å². The molecule has 24 heavy (non-hydrogen) atoms. The van der Waals surface area contributed by atoms with Crippen molar-refractivity contribution in [2.75, 3.05) is 13.0 Å². The normalized spacial score (nSPS) is 20.3. The Hall–Kier alpha value is -1.78. The molecule has 1 amide bonds. The second kappa shape index (κ2) is 7.41. The minimum atomic E-state index is -0.334. The van der Waals surface area contributed by atoms with Crippen molar-refractivity contribution in [1.82, 2.24) is 4.90 Å². The molecule has 0 aromatic heterocycles. The van der Waals surface area contributed by atoms with E-state index in [0.29, 0.717) is 13.0 Å². The predicted molar refractivity (Wildman–Crippen MR) is 95.4 cm³/mol. The number of alkyl halides is 1. The van der Waals surface area contributed by atoms with Crippen LogP contribution in [0.25, 0.3) is 10.8 Å². The molecule has 0 saturated heterocycles. The average Bonchev–Trinajstić information content (AvgIpc) is 3.04. The summed E-state index contributed by atoms with van der Waals surface area (Å²) in [4.78, 5) is 14.1. The second-order valence-electron chi connectivity index (χ2n) is 6.29. The molecular weight excluding hydrogens is 326 g/mol. The summed E-state index contributed by atoms with van der Waals surface area (Å²) in [6, 6.07) is 12.2. The lowest BCUT2D eigenvalue weighted by atomic mass is 10.0. The van der Waals surface area contributed by atoms with Gasteiger partial charge in [0.1, 0.15) is 11.6 Å². The number of aliphatic hydroxyl groups excluding tert-OH is 1. The van der Waals surface area contributed by atoms with Crippen LogP contribution in [0.1, 0.15) is 24.8 Å². The van der Waals surface area contributed by atoms with E-state index in [4.69, 9.17) is 16.3 Å². The van der Waals surface area contributed by atoms with Gasteiger partial charge in [-0.1, -0.05) is 24.3 Å². The number of ether oxygens (including phenoxy) is 1. The van der Waals surface area contributed by atoms with Crippen molar-refractivity contribution in [3.63, 3.8) is 0 Å². The van der Waals surface area contributed by atoms with Gasteiger partial charge in [0.25, 0.3) is 0 Å². The molecule has 0 radical (unpaired) electrons. The molecular formula is C19H22ClNO3. The number of hydrogen-bond donors (Lipinski definition) is 1. The van der Waals surface area contributed by atoms with E-state index >= 15 is 0 Å². The van der Waals surface area contributed by atoms with Gasteiger partial charge in [-0.05, 0) is 42.2 Å². The fourth-order valence-corrected chi connectivity index (χ4v) is 3.63. The van der Waals surface area contributed by atoms with Crippen molar-refractivity contribution in [3.8, 4) is 5.75 Å². The Bertz CT molecular complexity index is 734. The van der Waals surface area contributed by atoms with Crippen molar-refractivity contribution in [1.29, 1.82) is 0 Å². The number of fused-ring (bicyclic) bond motifs is 1. The van der Waals surface area contributed by atoms with Gasteiger partial charge in [0, 0.05) is 18.2 Å². The van der Waals surface area contributed by atoms with Crippen molar-refractivity contribution in [3.05, 3.63) is 42.0 Å². The molecule has 1 aliphatic carbocycles. The van der Waals surface area contributed by atoms with Crippen LogP contribution in [0.4, 0.5) is 0 Å². The lowest BCUT2D eigenvalue weighted by Crippen LogP contribution is -2.39. The Balaban J connectivity index is 1.93. The lowest BCUT2D eigenvalue weighted by Gasteiger charge is -2.29. The van der Waals surface area contributed by atoms with Crippen molar-refractivity contribution < 1.29 is 14.6 Å². The highest BCUT2D eigenvalue weighted by molar-refractivity contribution is 6.27. The van der Waals surface area contributed by atoms with E-state index in [1.54, 1.807) is 12.0 Å². The zero-order chi connectivity index (χ0) is 17.1. The summed E-state index contributed by atoms with van der Waals surface area (Å²) in [6.07, 6.45) is 1.81. The van der Waals surface area contributed by atoms with Gasteiger partial charge in [-0.25, -0.2) is 0 Å². The van der Waals surface area contributed by atoms with Gasteiger partial charge in [0.05, 0.1) is 13.2 Å². The van der Waals surface area contributed by atoms with E-state index in [1.807, 2.05) is 30.3 Å². The second-order valence-corrected chi connectivity index (χ2v) is 6.55. The smallest absolute Gasteiger partial charge is 0.238 e. The summed E-state index contributed by atoms with van der Waals surface area (Å²) in [6.45, 7) is 0.441. The first kappa shape index (κ1) is 17.1. The molecule has 2 aromatic rings. The van der Waals surface area contributed by atoms with Crippen LogP contribution in [0.3, 0.4) is 0 Å². The Morgan fingerprint density at radius 1 is 1.29 bits per heavy atom. The minimum Gasteiger partial charge on any atom is -0.496 e. The number of carbonyl (C=O) groups excluding carboxylic acids is 1. The zero-order valence-electron chi connectivity index (χ0n) is 13.7. The maximum Gasteiger partial charge on any atom is 0.238 e. The first-order valence-corrected chi connectivity index (χ1v) is 8.75. The number of carbonyl (C=O) groups is 1. The van der Waals surface area contributed by atoms with Crippen LogP contribution in [0.5, 0.6) is 5.75 Å². The number of amides is 1. The van der Waals surface area contributed by atoms with E-state index in [0.717, 1.165) is 34.9 Å². The average molecular weight is 348 g/mol.